The fourth-order valence-corrected chi connectivity index (χ4v) is 6.04. The number of aryl methyl sites for hydroxylation is 1. The molecule has 162 valence electrons. The Morgan fingerprint density at radius 2 is 2.13 bits per heavy atom. The maximum atomic E-state index is 14.6. The van der Waals surface area contributed by atoms with Crippen LogP contribution in [0.2, 0.25) is 0 Å². The van der Waals surface area contributed by atoms with E-state index in [9.17, 15) is 14.3 Å². The van der Waals surface area contributed by atoms with Crippen LogP contribution < -0.4 is 0 Å². The van der Waals surface area contributed by atoms with Gasteiger partial charge in [-0.05, 0) is 66.5 Å². The maximum absolute atomic E-state index is 14.6. The Kier molecular flexibility index (Phi) is 6.76. The van der Waals surface area contributed by atoms with Gasteiger partial charge in [0.05, 0.1) is 17.0 Å². The van der Waals surface area contributed by atoms with E-state index in [-0.39, 0.29) is 18.2 Å². The molecule has 0 bridgehead atoms. The zero-order chi connectivity index (χ0) is 22.0. The number of carbonyl (C=O) groups is 1. The molecular weight excluding hydrogens is 433 g/mol. The molecule has 1 aromatic carbocycles. The summed E-state index contributed by atoms with van der Waals surface area (Å²) < 4.78 is 16.8. The predicted octanol–water partition coefficient (Wildman–Crippen LogP) is 7.47. The number of nitrogens with zero attached hydrogens (tertiary/aromatic N) is 1. The summed E-state index contributed by atoms with van der Waals surface area (Å²) in [5, 5.41) is 12.9. The molecule has 0 spiro atoms. The smallest absolute Gasteiger partial charge is 0.304 e. The lowest BCUT2D eigenvalue weighted by atomic mass is 9.93. The fourth-order valence-electron chi connectivity index (χ4n) is 4.94. The minimum atomic E-state index is -0.801. The third-order valence-electron chi connectivity index (χ3n) is 6.22. The van der Waals surface area contributed by atoms with E-state index < -0.39 is 5.97 Å². The molecule has 0 radical (unpaired) electrons. The number of carboxylic acids is 1. The van der Waals surface area contributed by atoms with Crippen LogP contribution in [0.15, 0.2) is 58.0 Å². The number of aromatic nitrogens is 1. The average molecular weight is 458 g/mol. The van der Waals surface area contributed by atoms with E-state index in [1.807, 2.05) is 11.5 Å². The van der Waals surface area contributed by atoms with Crippen LogP contribution in [-0.4, -0.2) is 15.6 Å². The third kappa shape index (κ3) is 4.55. The molecule has 2 aliphatic rings. The van der Waals surface area contributed by atoms with Gasteiger partial charge in [0.15, 0.2) is 0 Å². The largest absolute Gasteiger partial charge is 0.481 e. The highest BCUT2D eigenvalue weighted by Gasteiger charge is 2.33. The van der Waals surface area contributed by atoms with Gasteiger partial charge in [0.1, 0.15) is 5.82 Å². The molecule has 2 aromatic rings. The first-order valence-electron chi connectivity index (χ1n) is 10.6. The number of halogens is 2. The highest BCUT2D eigenvalue weighted by Crippen LogP contribution is 2.49. The van der Waals surface area contributed by atoms with Gasteiger partial charge < -0.3 is 9.67 Å². The third-order valence-corrected chi connectivity index (χ3v) is 7.42. The predicted molar refractivity (Wildman–Crippen MR) is 125 cm³/mol. The summed E-state index contributed by atoms with van der Waals surface area (Å²) in [5.41, 5.74) is 5.90. The summed E-state index contributed by atoms with van der Waals surface area (Å²) in [5.74, 6) is -0.720. The molecule has 1 aliphatic carbocycles. The van der Waals surface area contributed by atoms with Gasteiger partial charge in [-0.2, -0.15) is 0 Å². The lowest BCUT2D eigenvalue weighted by molar-refractivity contribution is -0.137. The number of hydrogen-bond donors (Lipinski definition) is 1. The summed E-state index contributed by atoms with van der Waals surface area (Å²) in [7, 11) is 0. The zero-order valence-corrected chi connectivity index (χ0v) is 18.8. The Morgan fingerprint density at radius 3 is 2.84 bits per heavy atom. The number of thioether (sulfide) groups is 1. The van der Waals surface area contributed by atoms with Crippen LogP contribution >= 0.6 is 23.4 Å². The van der Waals surface area contributed by atoms with Gasteiger partial charge in [-0.25, -0.2) is 4.39 Å². The molecule has 1 fully saturated rings. The minimum Gasteiger partial charge on any atom is -0.481 e. The molecule has 1 atom stereocenters. The van der Waals surface area contributed by atoms with Crippen molar-refractivity contribution in [1.82, 2.24) is 4.57 Å². The SMILES string of the molecule is C=CC(Cl)=C=C/C=C/Sc1c2n(c3cc(F)cc(C4CCCC4)c13)CCC2CC(=O)O. The second-order valence-electron chi connectivity index (χ2n) is 8.13. The molecule has 1 unspecified atom stereocenters. The first kappa shape index (κ1) is 22.0. The number of aliphatic carboxylic acids is 1. The van der Waals surface area contributed by atoms with Gasteiger partial charge in [0.25, 0.3) is 0 Å². The number of rotatable bonds is 7. The van der Waals surface area contributed by atoms with Crippen LogP contribution in [0.25, 0.3) is 10.9 Å². The normalized spacial score (nSPS) is 18.5. The van der Waals surface area contributed by atoms with Crippen molar-refractivity contribution in [3.63, 3.8) is 0 Å². The minimum absolute atomic E-state index is 0.0639. The van der Waals surface area contributed by atoms with E-state index in [4.69, 9.17) is 11.6 Å². The molecule has 31 heavy (non-hydrogen) atoms. The van der Waals surface area contributed by atoms with Crippen LogP contribution in [0.1, 0.15) is 61.6 Å². The molecule has 1 aliphatic heterocycles. The Bertz CT molecular complexity index is 1120. The van der Waals surface area contributed by atoms with Crippen molar-refractivity contribution in [2.75, 3.05) is 0 Å². The van der Waals surface area contributed by atoms with Crippen LogP contribution in [0.3, 0.4) is 0 Å². The van der Waals surface area contributed by atoms with Crippen LogP contribution in [0.5, 0.6) is 0 Å². The second-order valence-corrected chi connectivity index (χ2v) is 9.45. The first-order chi connectivity index (χ1) is 15.0. The Morgan fingerprint density at radius 1 is 1.35 bits per heavy atom. The van der Waals surface area contributed by atoms with E-state index in [1.54, 1.807) is 30.0 Å². The van der Waals surface area contributed by atoms with Gasteiger partial charge in [0.2, 0.25) is 0 Å². The van der Waals surface area contributed by atoms with Crippen molar-refractivity contribution < 1.29 is 14.3 Å². The van der Waals surface area contributed by atoms with Gasteiger partial charge >= 0.3 is 5.97 Å². The molecule has 1 N–H and O–H groups in total. The second kappa shape index (κ2) is 9.52. The zero-order valence-electron chi connectivity index (χ0n) is 17.2. The monoisotopic (exact) mass is 457 g/mol. The molecule has 1 saturated carbocycles. The van der Waals surface area contributed by atoms with E-state index in [2.05, 4.69) is 16.9 Å². The van der Waals surface area contributed by atoms with E-state index >= 15 is 0 Å². The fraction of sp³-hybridized carbons (Fsp3) is 0.360. The summed E-state index contributed by atoms with van der Waals surface area (Å²) in [6.45, 7) is 4.32. The van der Waals surface area contributed by atoms with E-state index in [0.717, 1.165) is 52.9 Å². The summed E-state index contributed by atoms with van der Waals surface area (Å²) in [6, 6.07) is 3.31. The number of carboxylic acid groups (broad SMARTS) is 1. The molecule has 3 nitrogen and oxygen atoms in total. The number of fused-ring (bicyclic) bond motifs is 3. The van der Waals surface area contributed by atoms with Crippen LogP contribution in [-0.2, 0) is 11.3 Å². The van der Waals surface area contributed by atoms with Crippen LogP contribution in [0.4, 0.5) is 4.39 Å². The standard InChI is InChI=1S/C25H25ClFNO2S/c1-2-18(26)9-5-6-12-31-25-23-20(16-7-3-4-8-16)14-19(27)15-21(23)28-11-10-17(24(25)28)13-22(29)30/h2,5-6,12,14-17H,1,3-4,7-8,10-11,13H2,(H,29,30)/b12-6+. The van der Waals surface area contributed by atoms with Crippen LogP contribution in [0, 0.1) is 5.82 Å². The average Bonchev–Trinajstić information content (AvgIpc) is 3.45. The van der Waals surface area contributed by atoms with Crippen molar-refractivity contribution in [3.05, 3.63) is 70.2 Å². The molecule has 2 heterocycles. The van der Waals surface area contributed by atoms with Crippen molar-refractivity contribution in [3.8, 4) is 0 Å². The number of hydrogen-bond acceptors (Lipinski definition) is 2. The molecule has 0 amide bonds. The van der Waals surface area contributed by atoms with Gasteiger partial charge in [-0.15, -0.1) is 5.73 Å². The molecule has 0 saturated heterocycles. The van der Waals surface area contributed by atoms with Crippen molar-refractivity contribution >= 4 is 40.2 Å². The Balaban J connectivity index is 1.84. The van der Waals surface area contributed by atoms with Crippen molar-refractivity contribution in [2.45, 2.75) is 61.8 Å². The molecule has 4 rings (SSSR count). The molecule has 1 aromatic heterocycles. The first-order valence-corrected chi connectivity index (χ1v) is 11.9. The quantitative estimate of drug-likeness (QED) is 0.266. The van der Waals surface area contributed by atoms with E-state index in [1.165, 1.54) is 18.9 Å². The molecule has 6 heteroatoms. The van der Waals surface area contributed by atoms with Crippen molar-refractivity contribution in [2.24, 2.45) is 0 Å². The van der Waals surface area contributed by atoms with Gasteiger partial charge in [0, 0.05) is 28.4 Å². The van der Waals surface area contributed by atoms with Crippen molar-refractivity contribution in [1.29, 1.82) is 0 Å². The Labute approximate surface area is 191 Å². The summed E-state index contributed by atoms with van der Waals surface area (Å²) in [4.78, 5) is 12.5. The number of benzene rings is 1. The highest BCUT2D eigenvalue weighted by molar-refractivity contribution is 8.02. The molecular formula is C25H25ClFNO2S. The lowest BCUT2D eigenvalue weighted by Gasteiger charge is -2.14. The number of allylic oxidation sites excluding steroid dienone is 3. The summed E-state index contributed by atoms with van der Waals surface area (Å²) in [6.07, 6.45) is 10.4. The maximum Gasteiger partial charge on any atom is 0.304 e. The van der Waals surface area contributed by atoms with Gasteiger partial charge in [-0.3, -0.25) is 4.79 Å². The highest BCUT2D eigenvalue weighted by atomic mass is 35.5. The lowest BCUT2D eigenvalue weighted by Crippen LogP contribution is -2.04. The topological polar surface area (TPSA) is 42.2 Å². The van der Waals surface area contributed by atoms with Gasteiger partial charge in [-0.1, -0.05) is 42.8 Å². The van der Waals surface area contributed by atoms with E-state index in [0.29, 0.717) is 11.0 Å². The summed E-state index contributed by atoms with van der Waals surface area (Å²) >= 11 is 7.46. The Hall–Kier alpha value is -2.20.